The van der Waals surface area contributed by atoms with Crippen LogP contribution in [0.15, 0.2) is 48.5 Å². The molecule has 9 nitrogen and oxygen atoms in total. The van der Waals surface area contributed by atoms with Gasteiger partial charge in [0.1, 0.15) is 5.84 Å². The van der Waals surface area contributed by atoms with Gasteiger partial charge in [0.15, 0.2) is 0 Å². The van der Waals surface area contributed by atoms with Crippen LogP contribution >= 0.6 is 0 Å². The Labute approximate surface area is 280 Å². The average Bonchev–Trinajstić information content (AvgIpc) is 3.08. The number of rotatable bonds is 3. The molecule has 0 fully saturated rings. The van der Waals surface area contributed by atoms with E-state index < -0.39 is 0 Å². The van der Waals surface area contributed by atoms with Crippen molar-refractivity contribution in [1.29, 1.82) is 5.41 Å². The summed E-state index contributed by atoms with van der Waals surface area (Å²) in [6.45, 7) is 19.3. The van der Waals surface area contributed by atoms with Gasteiger partial charge in [-0.05, 0) is 56.2 Å². The first-order valence-corrected chi connectivity index (χ1v) is 17.1. The molecule has 1 aliphatic heterocycles. The maximum atomic E-state index is 12.9. The Hall–Kier alpha value is -3.72. The molecular weight excluding hydrogens is 576 g/mol. The Bertz CT molecular complexity index is 1120. The second-order valence-electron chi connectivity index (χ2n) is 10.4. The lowest BCUT2D eigenvalue weighted by molar-refractivity contribution is -0.137. The van der Waals surface area contributed by atoms with Crippen molar-refractivity contribution in [2.75, 3.05) is 33.2 Å². The van der Waals surface area contributed by atoms with E-state index in [0.717, 1.165) is 44.2 Å². The van der Waals surface area contributed by atoms with E-state index in [1.165, 1.54) is 21.6 Å². The predicted octanol–water partition coefficient (Wildman–Crippen LogP) is 5.62. The molecule has 0 saturated carbocycles. The van der Waals surface area contributed by atoms with Crippen LogP contribution in [-0.4, -0.2) is 67.7 Å². The molecular formula is C37H64N6O3. The molecule has 3 amide bonds. The quantitative estimate of drug-likeness (QED) is 0.219. The van der Waals surface area contributed by atoms with Crippen LogP contribution < -0.4 is 21.7 Å². The Morgan fingerprint density at radius 2 is 1.43 bits per heavy atom. The topological polar surface area (TPSA) is 140 Å². The zero-order valence-corrected chi connectivity index (χ0v) is 30.4. The van der Waals surface area contributed by atoms with Crippen LogP contribution in [0.2, 0.25) is 0 Å². The molecule has 9 heteroatoms. The molecule has 2 aromatic carbocycles. The Morgan fingerprint density at radius 1 is 0.870 bits per heavy atom. The van der Waals surface area contributed by atoms with Crippen LogP contribution in [0.5, 0.6) is 0 Å². The monoisotopic (exact) mass is 641 g/mol. The third-order valence-electron chi connectivity index (χ3n) is 7.12. The highest BCUT2D eigenvalue weighted by Crippen LogP contribution is 2.14. The van der Waals surface area contributed by atoms with Gasteiger partial charge in [-0.25, -0.2) is 0 Å². The molecule has 0 spiro atoms. The Morgan fingerprint density at radius 3 is 1.98 bits per heavy atom. The van der Waals surface area contributed by atoms with Gasteiger partial charge < -0.3 is 26.6 Å². The predicted molar refractivity (Wildman–Crippen MR) is 194 cm³/mol. The number of hydrogen-bond acceptors (Lipinski definition) is 5. The summed E-state index contributed by atoms with van der Waals surface area (Å²) < 4.78 is 0. The van der Waals surface area contributed by atoms with Crippen LogP contribution in [0.1, 0.15) is 96.9 Å². The number of carbonyl (C=O) groups is 3. The highest BCUT2D eigenvalue weighted by Gasteiger charge is 2.27. The summed E-state index contributed by atoms with van der Waals surface area (Å²) >= 11 is 0. The van der Waals surface area contributed by atoms with Gasteiger partial charge in [0.05, 0.1) is 19.1 Å². The van der Waals surface area contributed by atoms with Crippen LogP contribution in [0.25, 0.3) is 0 Å². The second kappa shape index (κ2) is 27.6. The summed E-state index contributed by atoms with van der Waals surface area (Å²) in [5.74, 6) is -0.360. The van der Waals surface area contributed by atoms with Crippen molar-refractivity contribution in [2.24, 2.45) is 11.7 Å². The van der Waals surface area contributed by atoms with Crippen molar-refractivity contribution >= 4 is 23.6 Å². The van der Waals surface area contributed by atoms with Gasteiger partial charge in [0.2, 0.25) is 17.7 Å². The van der Waals surface area contributed by atoms with E-state index in [9.17, 15) is 14.4 Å². The van der Waals surface area contributed by atoms with Gasteiger partial charge in [-0.15, -0.1) is 0 Å². The summed E-state index contributed by atoms with van der Waals surface area (Å²) in [4.78, 5) is 38.6. The minimum Gasteiger partial charge on any atom is -0.384 e. The summed E-state index contributed by atoms with van der Waals surface area (Å²) in [5.41, 5.74) is 9.76. The molecule has 3 rings (SSSR count). The third kappa shape index (κ3) is 18.3. The number of amides is 3. The number of carbonyl (C=O) groups excluding carboxylic acids is 3. The summed E-state index contributed by atoms with van der Waals surface area (Å²) in [6.07, 6.45) is 4.60. The standard InChI is InChI=1S/C23H36N4O3.C8H10N2.3C2H6/c1-4-17(2)22-23(30)27(3)16-21(29)26-15-20(28)24-14-12-19-10-6-5-9-18(19)11-7-8-13-25-22;1-6-2-4-7(5-3-6)8(9)10;3*1-2/h5-6,9-10,17,22,25H,4,7-8,11-16H2,1-3H3,(H,24,28)(H,26,29);2-5H,1H3,(H3,9,10);3*1-2H3. The van der Waals surface area contributed by atoms with Crippen LogP contribution in [0.3, 0.4) is 0 Å². The van der Waals surface area contributed by atoms with Gasteiger partial charge in [-0.3, -0.25) is 19.8 Å². The van der Waals surface area contributed by atoms with Crippen molar-refractivity contribution in [2.45, 2.75) is 100 Å². The molecule has 2 aromatic rings. The largest absolute Gasteiger partial charge is 0.384 e. The van der Waals surface area contributed by atoms with Gasteiger partial charge in [0.25, 0.3) is 0 Å². The maximum absolute atomic E-state index is 12.9. The summed E-state index contributed by atoms with van der Waals surface area (Å²) in [5, 5.41) is 16.0. The van der Waals surface area contributed by atoms with Crippen molar-refractivity contribution < 1.29 is 14.4 Å². The van der Waals surface area contributed by atoms with E-state index in [1.807, 2.05) is 84.9 Å². The van der Waals surface area contributed by atoms with Crippen molar-refractivity contribution in [3.8, 4) is 0 Å². The highest BCUT2D eigenvalue weighted by molar-refractivity contribution is 5.94. The van der Waals surface area contributed by atoms with Gasteiger partial charge in [-0.1, -0.05) is 116 Å². The fraction of sp³-hybridized carbons (Fsp3) is 0.568. The van der Waals surface area contributed by atoms with E-state index in [1.54, 1.807) is 7.05 Å². The fourth-order valence-electron chi connectivity index (χ4n) is 4.41. The number of fused-ring (bicyclic) bond motifs is 1. The molecule has 0 bridgehead atoms. The average molecular weight is 641 g/mol. The van der Waals surface area contributed by atoms with E-state index in [2.05, 4.69) is 41.9 Å². The van der Waals surface area contributed by atoms with E-state index >= 15 is 0 Å². The van der Waals surface area contributed by atoms with Crippen LogP contribution in [0, 0.1) is 18.3 Å². The smallest absolute Gasteiger partial charge is 0.240 e. The second-order valence-corrected chi connectivity index (χ2v) is 10.4. The Balaban J connectivity index is 0. The first-order chi connectivity index (χ1) is 22.1. The van der Waals surface area contributed by atoms with E-state index in [0.29, 0.717) is 6.54 Å². The molecule has 6 N–H and O–H groups in total. The molecule has 46 heavy (non-hydrogen) atoms. The van der Waals surface area contributed by atoms with Gasteiger partial charge >= 0.3 is 0 Å². The first-order valence-electron chi connectivity index (χ1n) is 17.1. The van der Waals surface area contributed by atoms with E-state index in [4.69, 9.17) is 11.1 Å². The first kappa shape index (κ1) is 44.4. The number of benzene rings is 2. The van der Waals surface area contributed by atoms with Crippen molar-refractivity contribution in [1.82, 2.24) is 20.9 Å². The van der Waals surface area contributed by atoms with E-state index in [-0.39, 0.29) is 48.6 Å². The SMILES string of the molecule is CC.CC.CC.CCC(C)C1NCCCCc2ccccc2CCNC(=O)CNC(=O)CN(C)C1=O.Cc1ccc(C(=N)N)cc1. The fourth-order valence-corrected chi connectivity index (χ4v) is 4.41. The number of nitrogens with one attached hydrogen (secondary N) is 4. The molecule has 0 aromatic heterocycles. The highest BCUT2D eigenvalue weighted by atomic mass is 16.2. The normalized spacial score (nSPS) is 16.5. The molecule has 1 aliphatic rings. The van der Waals surface area contributed by atoms with Gasteiger partial charge in [0, 0.05) is 19.2 Å². The van der Waals surface area contributed by atoms with Crippen LogP contribution in [-0.2, 0) is 27.2 Å². The summed E-state index contributed by atoms with van der Waals surface area (Å²) in [6, 6.07) is 15.6. The molecule has 1 heterocycles. The zero-order valence-electron chi connectivity index (χ0n) is 30.4. The lowest BCUT2D eigenvalue weighted by atomic mass is 9.97. The zero-order chi connectivity index (χ0) is 35.5. The molecule has 0 saturated heterocycles. The molecule has 0 radical (unpaired) electrons. The number of amidine groups is 1. The number of nitrogen functional groups attached to an aromatic ring is 1. The number of nitrogens with two attached hydrogens (primary N) is 1. The summed E-state index contributed by atoms with van der Waals surface area (Å²) in [7, 11) is 1.63. The number of aryl methyl sites for hydroxylation is 2. The van der Waals surface area contributed by atoms with Gasteiger partial charge in [-0.2, -0.15) is 0 Å². The molecule has 0 aliphatic carbocycles. The lowest BCUT2D eigenvalue weighted by Gasteiger charge is -2.28. The molecule has 2 unspecified atom stereocenters. The minimum absolute atomic E-state index is 0.0614. The lowest BCUT2D eigenvalue weighted by Crippen LogP contribution is -2.51. The third-order valence-corrected chi connectivity index (χ3v) is 7.12. The van der Waals surface area contributed by atoms with Crippen molar-refractivity contribution in [3.05, 3.63) is 70.8 Å². The van der Waals surface area contributed by atoms with Crippen molar-refractivity contribution in [3.63, 3.8) is 0 Å². The minimum atomic E-state index is -0.338. The number of nitrogens with zero attached hydrogens (tertiary/aromatic N) is 1. The molecule has 2 atom stereocenters. The maximum Gasteiger partial charge on any atom is 0.240 e. The van der Waals surface area contributed by atoms with Crippen LogP contribution in [0.4, 0.5) is 0 Å². The number of likely N-dealkylation sites (N-methyl/N-ethyl adjacent to an activating group) is 1. The Kier molecular flexibility index (Phi) is 26.6. The number of hydrogen-bond donors (Lipinski definition) is 5. The molecule has 260 valence electrons.